The number of benzene rings is 1. The van der Waals surface area contributed by atoms with Gasteiger partial charge in [-0.25, -0.2) is 8.42 Å². The van der Waals surface area contributed by atoms with Gasteiger partial charge in [0, 0.05) is 21.3 Å². The first-order chi connectivity index (χ1) is 9.50. The summed E-state index contributed by atoms with van der Waals surface area (Å²) in [6, 6.07) is 2.26. The minimum absolute atomic E-state index is 0.0252. The second-order valence-corrected chi connectivity index (χ2v) is 7.41. The van der Waals surface area contributed by atoms with Crippen LogP contribution in [0.1, 0.15) is 18.9 Å². The van der Waals surface area contributed by atoms with Crippen molar-refractivity contribution in [1.29, 1.82) is 0 Å². The van der Waals surface area contributed by atoms with Gasteiger partial charge in [0.1, 0.15) is 10.6 Å². The zero-order valence-electron chi connectivity index (χ0n) is 10.5. The third kappa shape index (κ3) is 2.86. The van der Waals surface area contributed by atoms with E-state index in [0.29, 0.717) is 0 Å². The van der Waals surface area contributed by atoms with E-state index in [9.17, 15) is 21.6 Å². The SMILES string of the molecule is CCC1(C(F)(F)F)C=Cc2cc(Cl)cc(S(=O)(=O)Cl)c2O1. The van der Waals surface area contributed by atoms with Gasteiger partial charge in [-0.15, -0.1) is 0 Å². The van der Waals surface area contributed by atoms with Gasteiger partial charge < -0.3 is 4.74 Å². The van der Waals surface area contributed by atoms with Crippen molar-refractivity contribution < 1.29 is 26.3 Å². The van der Waals surface area contributed by atoms with E-state index < -0.39 is 37.9 Å². The molecule has 0 spiro atoms. The second-order valence-electron chi connectivity index (χ2n) is 4.44. The minimum atomic E-state index is -4.71. The van der Waals surface area contributed by atoms with Gasteiger partial charge in [-0.05, 0) is 24.6 Å². The maximum atomic E-state index is 13.2. The second kappa shape index (κ2) is 5.07. The Balaban J connectivity index is 2.70. The van der Waals surface area contributed by atoms with E-state index in [1.807, 2.05) is 0 Å². The van der Waals surface area contributed by atoms with Crippen LogP contribution in [0.4, 0.5) is 13.2 Å². The lowest BCUT2D eigenvalue weighted by atomic mass is 9.95. The summed E-state index contributed by atoms with van der Waals surface area (Å²) in [5.74, 6) is -0.448. The van der Waals surface area contributed by atoms with Crippen molar-refractivity contribution in [3.63, 3.8) is 0 Å². The van der Waals surface area contributed by atoms with Crippen molar-refractivity contribution >= 4 is 37.4 Å². The highest BCUT2D eigenvalue weighted by molar-refractivity contribution is 8.13. The van der Waals surface area contributed by atoms with Crippen LogP contribution in [-0.2, 0) is 9.05 Å². The molecule has 0 N–H and O–H groups in total. The van der Waals surface area contributed by atoms with Crippen LogP contribution >= 0.6 is 22.3 Å². The van der Waals surface area contributed by atoms with Gasteiger partial charge >= 0.3 is 6.18 Å². The quantitative estimate of drug-likeness (QED) is 0.734. The zero-order valence-corrected chi connectivity index (χ0v) is 12.9. The maximum Gasteiger partial charge on any atom is 0.432 e. The van der Waals surface area contributed by atoms with E-state index in [2.05, 4.69) is 0 Å². The Morgan fingerprint density at radius 2 is 1.95 bits per heavy atom. The fraction of sp³-hybridized carbons (Fsp3) is 0.333. The molecule has 0 bridgehead atoms. The average Bonchev–Trinajstić information content (AvgIpc) is 2.34. The topological polar surface area (TPSA) is 43.4 Å². The van der Waals surface area contributed by atoms with E-state index in [4.69, 9.17) is 27.0 Å². The Hall–Kier alpha value is -0.920. The van der Waals surface area contributed by atoms with Gasteiger partial charge in [0.05, 0.1) is 0 Å². The third-order valence-electron chi connectivity index (χ3n) is 3.13. The molecular formula is C12H9Cl2F3O3S. The summed E-state index contributed by atoms with van der Waals surface area (Å²) in [7, 11) is 0.937. The van der Waals surface area contributed by atoms with Gasteiger partial charge in [-0.2, -0.15) is 13.2 Å². The van der Waals surface area contributed by atoms with Crippen LogP contribution in [0.5, 0.6) is 5.75 Å². The smallest absolute Gasteiger partial charge is 0.432 e. The van der Waals surface area contributed by atoms with Crippen LogP contribution in [0.2, 0.25) is 5.02 Å². The summed E-state index contributed by atoms with van der Waals surface area (Å²) < 4.78 is 67.7. The van der Waals surface area contributed by atoms with Crippen LogP contribution in [0.25, 0.3) is 6.08 Å². The van der Waals surface area contributed by atoms with E-state index in [1.54, 1.807) is 0 Å². The van der Waals surface area contributed by atoms with Crippen LogP contribution in [0, 0.1) is 0 Å². The summed E-state index contributed by atoms with van der Waals surface area (Å²) >= 11 is 5.75. The van der Waals surface area contributed by atoms with Gasteiger partial charge in [0.2, 0.25) is 5.60 Å². The molecule has 3 nitrogen and oxygen atoms in total. The van der Waals surface area contributed by atoms with E-state index in [-0.39, 0.29) is 10.6 Å². The van der Waals surface area contributed by atoms with Crippen molar-refractivity contribution in [3.05, 3.63) is 28.8 Å². The van der Waals surface area contributed by atoms with Crippen molar-refractivity contribution in [2.24, 2.45) is 0 Å². The molecule has 1 atom stereocenters. The first-order valence-electron chi connectivity index (χ1n) is 5.73. The van der Waals surface area contributed by atoms with Crippen LogP contribution in [0.3, 0.4) is 0 Å². The van der Waals surface area contributed by atoms with Gasteiger partial charge in [-0.3, -0.25) is 0 Å². The Morgan fingerprint density at radius 3 is 2.43 bits per heavy atom. The molecule has 0 fully saturated rings. The van der Waals surface area contributed by atoms with Crippen molar-refractivity contribution in [1.82, 2.24) is 0 Å². The first kappa shape index (κ1) is 16.5. The molecule has 0 aliphatic carbocycles. The molecule has 1 aromatic rings. The molecule has 0 saturated heterocycles. The number of fused-ring (bicyclic) bond motifs is 1. The molecule has 1 aliphatic heterocycles. The van der Waals surface area contributed by atoms with Gasteiger partial charge in [0.15, 0.2) is 0 Å². The predicted octanol–water partition coefficient (Wildman–Crippen LogP) is 4.38. The molecule has 1 heterocycles. The molecule has 0 saturated carbocycles. The Morgan fingerprint density at radius 1 is 1.33 bits per heavy atom. The van der Waals surface area contributed by atoms with E-state index in [0.717, 1.165) is 18.2 Å². The fourth-order valence-corrected chi connectivity index (χ4v) is 3.27. The molecule has 0 radical (unpaired) electrons. The Labute approximate surface area is 128 Å². The maximum absolute atomic E-state index is 13.2. The molecule has 1 aromatic carbocycles. The predicted molar refractivity (Wildman–Crippen MR) is 73.2 cm³/mol. The lowest BCUT2D eigenvalue weighted by molar-refractivity contribution is -0.231. The monoisotopic (exact) mass is 360 g/mol. The molecule has 9 heteroatoms. The van der Waals surface area contributed by atoms with E-state index in [1.165, 1.54) is 13.0 Å². The molecule has 1 aliphatic rings. The van der Waals surface area contributed by atoms with Gasteiger partial charge in [-0.1, -0.05) is 24.6 Å². The van der Waals surface area contributed by atoms with Gasteiger partial charge in [0.25, 0.3) is 9.05 Å². The summed E-state index contributed by atoms with van der Waals surface area (Å²) in [6.07, 6.45) is -3.15. The highest BCUT2D eigenvalue weighted by Gasteiger charge is 2.56. The molecule has 116 valence electrons. The number of rotatable bonds is 2. The first-order valence-corrected chi connectivity index (χ1v) is 8.42. The lowest BCUT2D eigenvalue weighted by Gasteiger charge is -2.36. The standard InChI is InChI=1S/C12H9Cl2F3O3S/c1-2-11(12(15,16)17)4-3-7-5-8(13)6-9(10(7)20-11)21(14,18)19/h3-6H,2H2,1H3. The average molecular weight is 361 g/mol. The van der Waals surface area contributed by atoms with Crippen molar-refractivity contribution in [3.8, 4) is 5.75 Å². The summed E-state index contributed by atoms with van der Waals surface area (Å²) in [5.41, 5.74) is -2.47. The van der Waals surface area contributed by atoms with E-state index >= 15 is 0 Å². The van der Waals surface area contributed by atoms with Crippen LogP contribution in [-0.4, -0.2) is 20.2 Å². The minimum Gasteiger partial charge on any atom is -0.472 e. The van der Waals surface area contributed by atoms with Crippen molar-refractivity contribution in [2.75, 3.05) is 0 Å². The number of hydrogen-bond donors (Lipinski definition) is 0. The fourth-order valence-electron chi connectivity index (χ4n) is 1.99. The Bertz CT molecular complexity index is 713. The zero-order chi connectivity index (χ0) is 16.1. The largest absolute Gasteiger partial charge is 0.472 e. The summed E-state index contributed by atoms with van der Waals surface area (Å²) in [4.78, 5) is -0.585. The van der Waals surface area contributed by atoms with Crippen molar-refractivity contribution in [2.45, 2.75) is 30.0 Å². The molecule has 0 aromatic heterocycles. The number of ether oxygens (including phenoxy) is 1. The van der Waals surface area contributed by atoms with Crippen LogP contribution in [0.15, 0.2) is 23.1 Å². The lowest BCUT2D eigenvalue weighted by Crippen LogP contribution is -2.49. The number of alkyl halides is 3. The summed E-state index contributed by atoms with van der Waals surface area (Å²) in [6.45, 7) is 1.29. The van der Waals surface area contributed by atoms with Crippen LogP contribution < -0.4 is 4.74 Å². The normalized spacial score (nSPS) is 21.8. The highest BCUT2D eigenvalue weighted by atomic mass is 35.7. The Kier molecular flexibility index (Phi) is 3.97. The number of halogens is 5. The third-order valence-corrected chi connectivity index (χ3v) is 4.68. The summed E-state index contributed by atoms with van der Waals surface area (Å²) in [5, 5.41) is 0.0252. The molecular weight excluding hydrogens is 352 g/mol. The molecule has 2 rings (SSSR count). The molecule has 0 amide bonds. The molecule has 21 heavy (non-hydrogen) atoms. The highest BCUT2D eigenvalue weighted by Crippen LogP contribution is 2.46. The number of hydrogen-bond acceptors (Lipinski definition) is 3. The molecule has 1 unspecified atom stereocenters.